The Balaban J connectivity index is 1.54. The molecule has 0 N–H and O–H groups in total. The van der Waals surface area contributed by atoms with Crippen LogP contribution in [-0.2, 0) is 20.7 Å². The molecule has 0 spiro atoms. The average Bonchev–Trinajstić information content (AvgIpc) is 2.81. The van der Waals surface area contributed by atoms with Gasteiger partial charge in [-0.2, -0.15) is 0 Å². The van der Waals surface area contributed by atoms with Crippen molar-refractivity contribution in [1.29, 1.82) is 0 Å². The molecular formula is C19H27FN2O3. The van der Waals surface area contributed by atoms with Crippen molar-refractivity contribution in [2.24, 2.45) is 5.92 Å². The van der Waals surface area contributed by atoms with Gasteiger partial charge in [0.25, 0.3) is 0 Å². The number of ether oxygens (including phenoxy) is 2. The summed E-state index contributed by atoms with van der Waals surface area (Å²) in [6, 6.07) is 6.27. The van der Waals surface area contributed by atoms with E-state index in [0.717, 1.165) is 44.8 Å². The number of piperidine rings is 1. The Hall–Kier alpha value is -1.50. The molecule has 1 aromatic carbocycles. The van der Waals surface area contributed by atoms with E-state index in [0.29, 0.717) is 19.1 Å². The minimum Gasteiger partial charge on any atom is -0.383 e. The van der Waals surface area contributed by atoms with E-state index in [1.54, 1.807) is 19.2 Å². The lowest BCUT2D eigenvalue weighted by Gasteiger charge is -2.38. The van der Waals surface area contributed by atoms with E-state index in [2.05, 4.69) is 4.90 Å². The molecule has 1 aromatic rings. The minimum atomic E-state index is -0.299. The van der Waals surface area contributed by atoms with E-state index in [1.807, 2.05) is 4.90 Å². The number of amides is 1. The molecule has 2 atom stereocenters. The van der Waals surface area contributed by atoms with E-state index in [1.165, 1.54) is 12.1 Å². The summed E-state index contributed by atoms with van der Waals surface area (Å²) in [5.74, 6) is 0.206. The van der Waals surface area contributed by atoms with Crippen LogP contribution in [0.15, 0.2) is 24.3 Å². The topological polar surface area (TPSA) is 42.0 Å². The molecule has 138 valence electrons. The Morgan fingerprint density at radius 2 is 2.24 bits per heavy atom. The van der Waals surface area contributed by atoms with Gasteiger partial charge in [-0.05, 0) is 24.1 Å². The van der Waals surface area contributed by atoms with Gasteiger partial charge in [0, 0.05) is 45.8 Å². The highest BCUT2D eigenvalue weighted by Gasteiger charge is 2.34. The summed E-state index contributed by atoms with van der Waals surface area (Å²) in [7, 11) is 1.72. The van der Waals surface area contributed by atoms with Crippen molar-refractivity contribution in [2.75, 3.05) is 53.0 Å². The maximum atomic E-state index is 13.3. The highest BCUT2D eigenvalue weighted by atomic mass is 19.1. The lowest BCUT2D eigenvalue weighted by Crippen LogP contribution is -2.49. The van der Waals surface area contributed by atoms with Gasteiger partial charge in [0.1, 0.15) is 5.82 Å². The minimum absolute atomic E-state index is 0.0492. The summed E-state index contributed by atoms with van der Waals surface area (Å²) >= 11 is 0. The molecular weight excluding hydrogens is 323 g/mol. The Kier molecular flexibility index (Phi) is 6.39. The van der Waals surface area contributed by atoms with Crippen LogP contribution in [0.25, 0.3) is 0 Å². The molecule has 0 unspecified atom stereocenters. The summed E-state index contributed by atoms with van der Waals surface area (Å²) in [4.78, 5) is 16.8. The van der Waals surface area contributed by atoms with E-state index < -0.39 is 0 Å². The van der Waals surface area contributed by atoms with Crippen LogP contribution in [0.3, 0.4) is 0 Å². The molecule has 0 aromatic heterocycles. The number of hydrogen-bond acceptors (Lipinski definition) is 4. The first-order valence-corrected chi connectivity index (χ1v) is 9.01. The quantitative estimate of drug-likeness (QED) is 0.808. The maximum absolute atomic E-state index is 13.3. The Morgan fingerprint density at radius 3 is 3.04 bits per heavy atom. The zero-order valence-electron chi connectivity index (χ0n) is 14.8. The third-order valence-electron chi connectivity index (χ3n) is 5.14. The van der Waals surface area contributed by atoms with Crippen molar-refractivity contribution in [3.8, 4) is 0 Å². The molecule has 0 radical (unpaired) electrons. The number of fused-ring (bicyclic) bond motifs is 1. The number of carbonyl (C=O) groups is 1. The first kappa shape index (κ1) is 18.3. The third kappa shape index (κ3) is 5.00. The van der Waals surface area contributed by atoms with Crippen LogP contribution < -0.4 is 0 Å². The summed E-state index contributed by atoms with van der Waals surface area (Å²) in [5.41, 5.74) is 0.722. The number of rotatable bonds is 5. The van der Waals surface area contributed by atoms with Gasteiger partial charge in [-0.15, -0.1) is 0 Å². The van der Waals surface area contributed by atoms with Crippen LogP contribution in [0.5, 0.6) is 0 Å². The molecule has 6 heteroatoms. The summed E-state index contributed by atoms with van der Waals surface area (Å²) in [5, 5.41) is 0. The molecule has 2 aliphatic rings. The van der Waals surface area contributed by atoms with E-state index >= 15 is 0 Å². The standard InChI is InChI=1S/C19H27FN2O3/c1-24-9-7-21-8-10-25-18-14-22(6-5-16(18)13-21)19(23)12-15-3-2-4-17(20)11-15/h2-4,11,16,18H,5-10,12-14H2,1H3/t16-,18-/m0/s1. The van der Waals surface area contributed by atoms with Gasteiger partial charge < -0.3 is 14.4 Å². The highest BCUT2D eigenvalue weighted by molar-refractivity contribution is 5.78. The molecule has 0 bridgehead atoms. The van der Waals surface area contributed by atoms with Gasteiger partial charge in [0.15, 0.2) is 0 Å². The fourth-order valence-electron chi connectivity index (χ4n) is 3.70. The second-order valence-electron chi connectivity index (χ2n) is 6.90. The Labute approximate surface area is 148 Å². The Morgan fingerprint density at radius 1 is 1.36 bits per heavy atom. The maximum Gasteiger partial charge on any atom is 0.227 e. The first-order valence-electron chi connectivity index (χ1n) is 9.01. The molecule has 2 saturated heterocycles. The molecule has 3 rings (SSSR count). The predicted octanol–water partition coefficient (Wildman–Crippen LogP) is 1.56. The van der Waals surface area contributed by atoms with Crippen LogP contribution in [0.4, 0.5) is 4.39 Å². The van der Waals surface area contributed by atoms with Gasteiger partial charge in [-0.3, -0.25) is 9.69 Å². The second kappa shape index (κ2) is 8.74. The first-order chi connectivity index (χ1) is 12.2. The van der Waals surface area contributed by atoms with Gasteiger partial charge >= 0.3 is 0 Å². The zero-order valence-corrected chi connectivity index (χ0v) is 14.8. The normalized spacial score (nSPS) is 24.6. The van der Waals surface area contributed by atoms with E-state index in [-0.39, 0.29) is 24.2 Å². The van der Waals surface area contributed by atoms with Crippen LogP contribution >= 0.6 is 0 Å². The van der Waals surface area contributed by atoms with Gasteiger partial charge in [-0.1, -0.05) is 12.1 Å². The van der Waals surface area contributed by atoms with E-state index in [4.69, 9.17) is 9.47 Å². The van der Waals surface area contributed by atoms with Crippen molar-refractivity contribution in [3.05, 3.63) is 35.6 Å². The molecule has 2 heterocycles. The fraction of sp³-hybridized carbons (Fsp3) is 0.632. The van der Waals surface area contributed by atoms with Crippen molar-refractivity contribution in [3.63, 3.8) is 0 Å². The van der Waals surface area contributed by atoms with Gasteiger partial charge in [0.05, 0.1) is 25.7 Å². The molecule has 2 aliphatic heterocycles. The number of carbonyl (C=O) groups excluding carboxylic acids is 1. The summed E-state index contributed by atoms with van der Waals surface area (Å²) < 4.78 is 24.5. The number of benzene rings is 1. The van der Waals surface area contributed by atoms with Crippen LogP contribution in [0.2, 0.25) is 0 Å². The lowest BCUT2D eigenvalue weighted by atomic mass is 9.93. The predicted molar refractivity (Wildman–Crippen MR) is 92.8 cm³/mol. The zero-order chi connectivity index (χ0) is 17.6. The van der Waals surface area contributed by atoms with Gasteiger partial charge in [0.2, 0.25) is 5.91 Å². The number of likely N-dealkylation sites (tertiary alicyclic amines) is 1. The number of hydrogen-bond donors (Lipinski definition) is 0. The average molecular weight is 350 g/mol. The second-order valence-corrected chi connectivity index (χ2v) is 6.90. The number of nitrogens with zero attached hydrogens (tertiary/aromatic N) is 2. The summed E-state index contributed by atoms with van der Waals surface area (Å²) in [6.07, 6.45) is 1.29. The molecule has 5 nitrogen and oxygen atoms in total. The monoisotopic (exact) mass is 350 g/mol. The molecule has 0 saturated carbocycles. The third-order valence-corrected chi connectivity index (χ3v) is 5.14. The molecule has 1 amide bonds. The highest BCUT2D eigenvalue weighted by Crippen LogP contribution is 2.24. The van der Waals surface area contributed by atoms with Gasteiger partial charge in [-0.25, -0.2) is 4.39 Å². The van der Waals surface area contributed by atoms with Crippen molar-refractivity contribution in [1.82, 2.24) is 9.80 Å². The Bertz CT molecular complexity index is 584. The van der Waals surface area contributed by atoms with Crippen LogP contribution in [0, 0.1) is 11.7 Å². The van der Waals surface area contributed by atoms with Crippen LogP contribution in [-0.4, -0.2) is 74.9 Å². The molecule has 25 heavy (non-hydrogen) atoms. The van der Waals surface area contributed by atoms with Crippen molar-refractivity contribution >= 4 is 5.91 Å². The lowest BCUT2D eigenvalue weighted by molar-refractivity contribution is -0.136. The summed E-state index contributed by atoms with van der Waals surface area (Å²) in [6.45, 7) is 5.64. The van der Waals surface area contributed by atoms with Crippen molar-refractivity contribution < 1.29 is 18.7 Å². The largest absolute Gasteiger partial charge is 0.383 e. The number of halogens is 1. The number of methoxy groups -OCH3 is 1. The van der Waals surface area contributed by atoms with E-state index in [9.17, 15) is 9.18 Å². The smallest absolute Gasteiger partial charge is 0.227 e. The van der Waals surface area contributed by atoms with Crippen LogP contribution in [0.1, 0.15) is 12.0 Å². The van der Waals surface area contributed by atoms with Crippen molar-refractivity contribution in [2.45, 2.75) is 18.9 Å². The molecule has 2 fully saturated rings. The fourth-order valence-corrected chi connectivity index (χ4v) is 3.70. The molecule has 0 aliphatic carbocycles. The SMILES string of the molecule is COCCN1CCO[C@H]2CN(C(=O)Cc3cccc(F)c3)CC[C@H]2C1.